The van der Waals surface area contributed by atoms with Crippen molar-refractivity contribution in [3.05, 3.63) is 95.6 Å². The van der Waals surface area contributed by atoms with Crippen molar-refractivity contribution in [2.75, 3.05) is 11.1 Å². The molecule has 0 radical (unpaired) electrons. The van der Waals surface area contributed by atoms with Crippen molar-refractivity contribution in [3.63, 3.8) is 0 Å². The van der Waals surface area contributed by atoms with Crippen LogP contribution in [0, 0.1) is 6.92 Å². The predicted octanol–water partition coefficient (Wildman–Crippen LogP) is 5.22. The summed E-state index contributed by atoms with van der Waals surface area (Å²) >= 11 is 1.43. The Labute approximate surface area is 157 Å². The Morgan fingerprint density at radius 3 is 2.27 bits per heavy atom. The second-order valence-electron chi connectivity index (χ2n) is 5.93. The Kier molecular flexibility index (Phi) is 5.87. The Morgan fingerprint density at radius 2 is 1.54 bits per heavy atom. The first-order valence-electron chi connectivity index (χ1n) is 8.31. The van der Waals surface area contributed by atoms with Crippen LogP contribution in [0.15, 0.2) is 83.8 Å². The number of benzene rings is 3. The number of thioether (sulfide) groups is 1. The predicted molar refractivity (Wildman–Crippen MR) is 107 cm³/mol. The summed E-state index contributed by atoms with van der Waals surface area (Å²) in [5.74, 6) is 0.253. The minimum atomic E-state index is -0.161. The lowest BCUT2D eigenvalue weighted by atomic mass is 10.2. The van der Waals surface area contributed by atoms with E-state index in [9.17, 15) is 9.59 Å². The lowest BCUT2D eigenvalue weighted by Crippen LogP contribution is -2.11. The Hall–Kier alpha value is -2.85. The molecule has 4 heteroatoms. The number of hydrogen-bond donors (Lipinski definition) is 1. The largest absolute Gasteiger partial charge is 0.322 e. The van der Waals surface area contributed by atoms with Crippen LogP contribution in [0.1, 0.15) is 26.3 Å². The van der Waals surface area contributed by atoms with Gasteiger partial charge in [0, 0.05) is 21.7 Å². The number of rotatable bonds is 6. The average Bonchev–Trinajstić information content (AvgIpc) is 2.69. The third kappa shape index (κ3) is 4.83. The van der Waals surface area contributed by atoms with Crippen LogP contribution < -0.4 is 5.32 Å². The fourth-order valence-electron chi connectivity index (χ4n) is 2.42. The van der Waals surface area contributed by atoms with Crippen molar-refractivity contribution in [1.82, 2.24) is 0 Å². The summed E-state index contributed by atoms with van der Waals surface area (Å²) in [4.78, 5) is 25.5. The van der Waals surface area contributed by atoms with Gasteiger partial charge in [-0.2, -0.15) is 0 Å². The number of nitrogens with one attached hydrogen (secondary N) is 1. The van der Waals surface area contributed by atoms with Gasteiger partial charge >= 0.3 is 0 Å². The van der Waals surface area contributed by atoms with Crippen molar-refractivity contribution >= 4 is 29.1 Å². The molecule has 0 atom stereocenters. The van der Waals surface area contributed by atoms with E-state index >= 15 is 0 Å². The van der Waals surface area contributed by atoms with Crippen LogP contribution in [0.3, 0.4) is 0 Å². The maximum absolute atomic E-state index is 12.4. The second kappa shape index (κ2) is 8.50. The number of ketones is 1. The molecule has 0 saturated heterocycles. The van der Waals surface area contributed by atoms with Gasteiger partial charge in [-0.05, 0) is 37.3 Å². The molecule has 0 aliphatic heterocycles. The van der Waals surface area contributed by atoms with E-state index in [1.807, 2.05) is 79.7 Å². The van der Waals surface area contributed by atoms with E-state index < -0.39 is 0 Å². The third-order valence-corrected chi connectivity index (χ3v) is 4.87. The van der Waals surface area contributed by atoms with Gasteiger partial charge in [0.1, 0.15) is 0 Å². The highest BCUT2D eigenvalue weighted by atomic mass is 32.2. The van der Waals surface area contributed by atoms with E-state index in [-0.39, 0.29) is 11.7 Å². The average molecular weight is 361 g/mol. The molecule has 26 heavy (non-hydrogen) atoms. The summed E-state index contributed by atoms with van der Waals surface area (Å²) in [6.07, 6.45) is 0. The van der Waals surface area contributed by atoms with Gasteiger partial charge in [0.25, 0.3) is 5.91 Å². The van der Waals surface area contributed by atoms with Crippen LogP contribution in [-0.4, -0.2) is 17.4 Å². The van der Waals surface area contributed by atoms with Crippen LogP contribution >= 0.6 is 11.8 Å². The summed E-state index contributed by atoms with van der Waals surface area (Å²) in [5.41, 5.74) is 3.18. The van der Waals surface area contributed by atoms with E-state index in [1.165, 1.54) is 11.8 Å². The first-order chi connectivity index (χ1) is 12.6. The molecule has 130 valence electrons. The molecular weight excluding hydrogens is 342 g/mol. The molecule has 0 unspecified atom stereocenters. The summed E-state index contributed by atoms with van der Waals surface area (Å²) in [5, 5.41) is 2.89. The third-order valence-electron chi connectivity index (χ3n) is 3.87. The lowest BCUT2D eigenvalue weighted by Gasteiger charge is -2.07. The van der Waals surface area contributed by atoms with Crippen LogP contribution in [0.25, 0.3) is 0 Å². The van der Waals surface area contributed by atoms with Gasteiger partial charge in [-0.1, -0.05) is 54.1 Å². The summed E-state index contributed by atoms with van der Waals surface area (Å²) in [6.45, 7) is 2.00. The highest BCUT2D eigenvalue weighted by Crippen LogP contribution is 2.21. The normalized spacial score (nSPS) is 10.3. The van der Waals surface area contributed by atoms with Crippen LogP contribution in [0.4, 0.5) is 5.69 Å². The maximum atomic E-state index is 12.4. The number of amides is 1. The van der Waals surface area contributed by atoms with Gasteiger partial charge in [0.2, 0.25) is 0 Å². The van der Waals surface area contributed by atoms with Gasteiger partial charge in [-0.3, -0.25) is 9.59 Å². The summed E-state index contributed by atoms with van der Waals surface area (Å²) in [6, 6.07) is 24.2. The first-order valence-corrected chi connectivity index (χ1v) is 9.29. The topological polar surface area (TPSA) is 46.2 Å². The Morgan fingerprint density at radius 1 is 0.846 bits per heavy atom. The summed E-state index contributed by atoms with van der Waals surface area (Å²) < 4.78 is 0. The molecule has 0 fully saturated rings. The molecule has 3 nitrogen and oxygen atoms in total. The smallest absolute Gasteiger partial charge is 0.255 e. The fraction of sp³-hybridized carbons (Fsp3) is 0.0909. The molecule has 0 bridgehead atoms. The highest BCUT2D eigenvalue weighted by Gasteiger charge is 2.09. The van der Waals surface area contributed by atoms with Crippen molar-refractivity contribution in [2.24, 2.45) is 0 Å². The molecule has 0 spiro atoms. The Balaban J connectivity index is 1.63. The molecule has 3 aromatic carbocycles. The standard InChI is InChI=1S/C22H19NO2S/c1-16-10-12-19(13-11-16)23-22(25)18-8-5-9-20(14-18)26-15-21(24)17-6-3-2-4-7-17/h2-14H,15H2,1H3,(H,23,25). The molecule has 0 heterocycles. The zero-order chi connectivity index (χ0) is 18.4. The summed E-state index contributed by atoms with van der Waals surface area (Å²) in [7, 11) is 0. The van der Waals surface area contributed by atoms with E-state index in [0.29, 0.717) is 16.9 Å². The zero-order valence-corrected chi connectivity index (χ0v) is 15.3. The van der Waals surface area contributed by atoms with E-state index in [0.717, 1.165) is 16.1 Å². The number of carbonyl (C=O) groups excluding carboxylic acids is 2. The molecular formula is C22H19NO2S. The van der Waals surface area contributed by atoms with E-state index in [4.69, 9.17) is 0 Å². The lowest BCUT2D eigenvalue weighted by molar-refractivity contribution is 0.101. The molecule has 0 aliphatic rings. The monoisotopic (exact) mass is 361 g/mol. The van der Waals surface area contributed by atoms with Crippen molar-refractivity contribution < 1.29 is 9.59 Å². The minimum absolute atomic E-state index is 0.0742. The molecule has 1 amide bonds. The van der Waals surface area contributed by atoms with Crippen LogP contribution in [-0.2, 0) is 0 Å². The van der Waals surface area contributed by atoms with Crippen molar-refractivity contribution in [3.8, 4) is 0 Å². The maximum Gasteiger partial charge on any atom is 0.255 e. The molecule has 3 aromatic rings. The number of hydrogen-bond acceptors (Lipinski definition) is 3. The highest BCUT2D eigenvalue weighted by molar-refractivity contribution is 8.00. The van der Waals surface area contributed by atoms with Gasteiger partial charge in [0.05, 0.1) is 5.75 Å². The molecule has 0 saturated carbocycles. The molecule has 3 rings (SSSR count). The van der Waals surface area contributed by atoms with Crippen LogP contribution in [0.5, 0.6) is 0 Å². The fourth-order valence-corrected chi connectivity index (χ4v) is 3.27. The molecule has 0 aliphatic carbocycles. The second-order valence-corrected chi connectivity index (χ2v) is 6.97. The molecule has 0 aromatic heterocycles. The first kappa shape index (κ1) is 18.0. The van der Waals surface area contributed by atoms with Crippen molar-refractivity contribution in [1.29, 1.82) is 0 Å². The van der Waals surface area contributed by atoms with Crippen molar-refractivity contribution in [2.45, 2.75) is 11.8 Å². The SMILES string of the molecule is Cc1ccc(NC(=O)c2cccc(SCC(=O)c3ccccc3)c2)cc1. The van der Waals surface area contributed by atoms with Gasteiger partial charge in [-0.25, -0.2) is 0 Å². The number of aryl methyl sites for hydroxylation is 1. The van der Waals surface area contributed by atoms with Gasteiger partial charge in [-0.15, -0.1) is 11.8 Å². The zero-order valence-electron chi connectivity index (χ0n) is 14.4. The van der Waals surface area contributed by atoms with Gasteiger partial charge in [0.15, 0.2) is 5.78 Å². The number of carbonyl (C=O) groups is 2. The minimum Gasteiger partial charge on any atom is -0.322 e. The molecule has 1 N–H and O–H groups in total. The van der Waals surface area contributed by atoms with E-state index in [2.05, 4.69) is 5.32 Å². The number of anilines is 1. The van der Waals surface area contributed by atoms with Crippen LogP contribution in [0.2, 0.25) is 0 Å². The quantitative estimate of drug-likeness (QED) is 0.483. The van der Waals surface area contributed by atoms with Gasteiger partial charge < -0.3 is 5.32 Å². The Bertz CT molecular complexity index is 905. The van der Waals surface area contributed by atoms with E-state index in [1.54, 1.807) is 6.07 Å². The number of Topliss-reactive ketones (excluding diaryl/α,β-unsaturated/α-hetero) is 1.